The van der Waals surface area contributed by atoms with E-state index >= 15 is 0 Å². The molecule has 0 aromatic heterocycles. The molecule has 1 aliphatic heterocycles. The van der Waals surface area contributed by atoms with Crippen LogP contribution in [0.2, 0.25) is 0 Å². The lowest BCUT2D eigenvalue weighted by atomic mass is 10.1. The molecule has 0 unspecified atom stereocenters. The third-order valence-electron chi connectivity index (χ3n) is 4.57. The Morgan fingerprint density at radius 3 is 2.62 bits per heavy atom. The van der Waals surface area contributed by atoms with Gasteiger partial charge in [0.05, 0.1) is 12.3 Å². The van der Waals surface area contributed by atoms with Crippen molar-refractivity contribution >= 4 is 15.8 Å². The van der Waals surface area contributed by atoms with Crippen LogP contribution in [0.3, 0.4) is 0 Å². The number of benzene rings is 1. The molecule has 0 saturated carbocycles. The van der Waals surface area contributed by atoms with E-state index in [0.717, 1.165) is 38.1 Å². The maximum Gasteiger partial charge on any atom is 0.191 e. The molecule has 0 aliphatic carbocycles. The first-order valence-electron chi connectivity index (χ1n) is 9.79. The molecule has 1 aliphatic rings. The van der Waals surface area contributed by atoms with E-state index in [2.05, 4.69) is 20.5 Å². The van der Waals surface area contributed by atoms with Gasteiger partial charge in [0.25, 0.3) is 0 Å². The first kappa shape index (κ1) is 23.3. The van der Waals surface area contributed by atoms with Crippen LogP contribution < -0.4 is 15.4 Å². The van der Waals surface area contributed by atoms with Gasteiger partial charge < -0.3 is 20.3 Å². The first-order valence-corrected chi connectivity index (χ1v) is 11.9. The van der Waals surface area contributed by atoms with Gasteiger partial charge >= 0.3 is 0 Å². The average molecular weight is 433 g/mol. The monoisotopic (exact) mass is 432 g/mol. The summed E-state index contributed by atoms with van der Waals surface area (Å²) in [6, 6.07) is 3.68. The van der Waals surface area contributed by atoms with Crippen molar-refractivity contribution < 1.29 is 21.9 Å². The Hall–Kier alpha value is -1.94. The van der Waals surface area contributed by atoms with Crippen LogP contribution in [0.1, 0.15) is 19.8 Å². The molecule has 1 aromatic carbocycles. The molecule has 0 amide bonds. The Bertz CT molecular complexity index is 782. The summed E-state index contributed by atoms with van der Waals surface area (Å²) in [5.74, 6) is -0.720. The van der Waals surface area contributed by atoms with Gasteiger partial charge in [-0.05, 0) is 31.9 Å². The van der Waals surface area contributed by atoms with Crippen molar-refractivity contribution in [2.24, 2.45) is 4.99 Å². The summed E-state index contributed by atoms with van der Waals surface area (Å²) in [6.45, 7) is 5.54. The molecule has 2 N–H and O–H groups in total. The van der Waals surface area contributed by atoms with Crippen LogP contribution in [0.5, 0.6) is 5.75 Å². The number of aliphatic imine (C=N–C) groups is 1. The molecule has 10 heteroatoms. The fourth-order valence-electron chi connectivity index (χ4n) is 3.00. The molecule has 1 saturated heterocycles. The smallest absolute Gasteiger partial charge is 0.191 e. The van der Waals surface area contributed by atoms with Crippen molar-refractivity contribution in [3.05, 3.63) is 29.8 Å². The second-order valence-electron chi connectivity index (χ2n) is 7.08. The lowest BCUT2D eigenvalue weighted by molar-refractivity contribution is 0.216. The normalized spacial score (nSPS) is 16.6. The van der Waals surface area contributed by atoms with Gasteiger partial charge in [0.15, 0.2) is 17.6 Å². The first-order chi connectivity index (χ1) is 13.8. The highest BCUT2D eigenvalue weighted by Gasteiger charge is 2.20. The molecule has 1 fully saturated rings. The third kappa shape index (κ3) is 8.95. The van der Waals surface area contributed by atoms with Crippen LogP contribution >= 0.6 is 0 Å². The molecule has 0 atom stereocenters. The Kier molecular flexibility index (Phi) is 9.09. The molecular formula is C19H30F2N4O3S. The highest BCUT2D eigenvalue weighted by atomic mass is 32.2. The summed E-state index contributed by atoms with van der Waals surface area (Å²) in [5, 5.41) is 6.58. The van der Waals surface area contributed by atoms with E-state index < -0.39 is 21.5 Å². The Morgan fingerprint density at radius 2 is 2.00 bits per heavy atom. The second-order valence-corrected chi connectivity index (χ2v) is 9.33. The summed E-state index contributed by atoms with van der Waals surface area (Å²) in [4.78, 5) is 6.62. The van der Waals surface area contributed by atoms with E-state index in [4.69, 9.17) is 4.74 Å². The summed E-state index contributed by atoms with van der Waals surface area (Å²) < 4.78 is 54.1. The van der Waals surface area contributed by atoms with Crippen molar-refractivity contribution in [3.8, 4) is 5.75 Å². The number of hydrogen-bond acceptors (Lipinski definition) is 5. The molecule has 0 spiro atoms. The minimum Gasteiger partial charge on any atom is -0.492 e. The summed E-state index contributed by atoms with van der Waals surface area (Å²) in [7, 11) is -2.94. The predicted molar refractivity (Wildman–Crippen MR) is 110 cm³/mol. The van der Waals surface area contributed by atoms with Gasteiger partial charge in [-0.15, -0.1) is 0 Å². The maximum absolute atomic E-state index is 13.2. The number of likely N-dealkylation sites (tertiary alicyclic amines) is 1. The topological polar surface area (TPSA) is 83.0 Å². The largest absolute Gasteiger partial charge is 0.492 e. The molecule has 0 bridgehead atoms. The van der Waals surface area contributed by atoms with E-state index in [-0.39, 0.29) is 24.2 Å². The Balaban J connectivity index is 1.75. The fraction of sp³-hybridized carbons (Fsp3) is 0.632. The van der Waals surface area contributed by atoms with Crippen molar-refractivity contribution in [2.75, 3.05) is 51.3 Å². The van der Waals surface area contributed by atoms with Crippen molar-refractivity contribution in [3.63, 3.8) is 0 Å². The fourth-order valence-corrected chi connectivity index (χ4v) is 3.59. The van der Waals surface area contributed by atoms with Crippen molar-refractivity contribution in [1.82, 2.24) is 15.5 Å². The predicted octanol–water partition coefficient (Wildman–Crippen LogP) is 1.41. The number of halogens is 2. The van der Waals surface area contributed by atoms with Gasteiger partial charge in [0.2, 0.25) is 0 Å². The van der Waals surface area contributed by atoms with Gasteiger partial charge in [-0.3, -0.25) is 0 Å². The molecule has 29 heavy (non-hydrogen) atoms. The van der Waals surface area contributed by atoms with Crippen LogP contribution in [0.4, 0.5) is 8.78 Å². The van der Waals surface area contributed by atoms with E-state index in [1.165, 1.54) is 12.3 Å². The molecule has 2 rings (SSSR count). The van der Waals surface area contributed by atoms with E-state index in [0.29, 0.717) is 25.6 Å². The van der Waals surface area contributed by atoms with Gasteiger partial charge in [-0.1, -0.05) is 0 Å². The molecular weight excluding hydrogens is 402 g/mol. The SMILES string of the molecule is CCNC(=NCCOc1ccc(F)c(F)c1)NC1CCN(CCS(C)(=O)=O)CC1. The van der Waals surface area contributed by atoms with Gasteiger partial charge in [0, 0.05) is 44.5 Å². The van der Waals surface area contributed by atoms with Gasteiger partial charge in [-0.25, -0.2) is 22.2 Å². The zero-order chi connectivity index (χ0) is 21.3. The standard InChI is InChI=1S/C19H30F2N4O3S/c1-3-22-19(23-8-12-28-16-4-5-17(20)18(21)14-16)24-15-6-9-25(10-7-15)11-13-29(2,26)27/h4-5,14-15H,3,6-13H2,1-2H3,(H2,22,23,24). The quantitative estimate of drug-likeness (QED) is 0.349. The van der Waals surface area contributed by atoms with Crippen LogP contribution in [-0.2, 0) is 9.84 Å². The molecule has 164 valence electrons. The number of piperidine rings is 1. The highest BCUT2D eigenvalue weighted by Crippen LogP contribution is 2.15. The maximum atomic E-state index is 13.2. The van der Waals surface area contributed by atoms with Crippen LogP contribution in [0.15, 0.2) is 23.2 Å². The number of nitrogens with zero attached hydrogens (tertiary/aromatic N) is 2. The second kappa shape index (κ2) is 11.3. The van der Waals surface area contributed by atoms with Crippen molar-refractivity contribution in [2.45, 2.75) is 25.8 Å². The zero-order valence-corrected chi connectivity index (χ0v) is 17.8. The lowest BCUT2D eigenvalue weighted by Crippen LogP contribution is -2.49. The Morgan fingerprint density at radius 1 is 1.28 bits per heavy atom. The number of rotatable bonds is 9. The van der Waals surface area contributed by atoms with Gasteiger partial charge in [0.1, 0.15) is 22.2 Å². The van der Waals surface area contributed by atoms with Crippen LogP contribution in [0, 0.1) is 11.6 Å². The van der Waals surface area contributed by atoms with E-state index in [9.17, 15) is 17.2 Å². The zero-order valence-electron chi connectivity index (χ0n) is 17.0. The van der Waals surface area contributed by atoms with E-state index in [1.54, 1.807) is 0 Å². The number of guanidine groups is 1. The van der Waals surface area contributed by atoms with Crippen LogP contribution in [-0.4, -0.2) is 76.7 Å². The minimum absolute atomic E-state index is 0.188. The van der Waals surface area contributed by atoms with Crippen LogP contribution in [0.25, 0.3) is 0 Å². The molecule has 0 radical (unpaired) electrons. The lowest BCUT2D eigenvalue weighted by Gasteiger charge is -2.32. The van der Waals surface area contributed by atoms with Crippen molar-refractivity contribution in [1.29, 1.82) is 0 Å². The van der Waals surface area contributed by atoms with Gasteiger partial charge in [-0.2, -0.15) is 0 Å². The molecule has 7 nitrogen and oxygen atoms in total. The van der Waals surface area contributed by atoms with E-state index in [1.807, 2.05) is 6.92 Å². The average Bonchev–Trinajstić information content (AvgIpc) is 2.67. The Labute approximate surface area is 171 Å². The molecule has 1 heterocycles. The number of nitrogens with one attached hydrogen (secondary N) is 2. The number of ether oxygens (including phenoxy) is 1. The summed E-state index contributed by atoms with van der Waals surface area (Å²) in [5.41, 5.74) is 0. The summed E-state index contributed by atoms with van der Waals surface area (Å²) >= 11 is 0. The third-order valence-corrected chi connectivity index (χ3v) is 5.50. The highest BCUT2D eigenvalue weighted by molar-refractivity contribution is 7.90. The minimum atomic E-state index is -2.94. The molecule has 1 aromatic rings. The number of sulfone groups is 1. The summed E-state index contributed by atoms with van der Waals surface area (Å²) in [6.07, 6.45) is 3.07. The number of hydrogen-bond donors (Lipinski definition) is 2.